The van der Waals surface area contributed by atoms with E-state index in [0.29, 0.717) is 0 Å². The van der Waals surface area contributed by atoms with E-state index in [1.807, 2.05) is 42.5 Å². The van der Waals surface area contributed by atoms with Gasteiger partial charge in [0.15, 0.2) is 0 Å². The molecule has 0 saturated carbocycles. The molecule has 0 unspecified atom stereocenters. The number of para-hydroxylation sites is 1. The van der Waals surface area contributed by atoms with Gasteiger partial charge in [0.25, 0.3) is 0 Å². The van der Waals surface area contributed by atoms with Crippen molar-refractivity contribution in [3.8, 4) is 17.2 Å². The van der Waals surface area contributed by atoms with Crippen LogP contribution in [0, 0.1) is 0 Å². The van der Waals surface area contributed by atoms with Gasteiger partial charge in [-0.1, -0.05) is 30.4 Å². The molecule has 2 aromatic carbocycles. The largest absolute Gasteiger partial charge is 0.507 e. The number of phenolic OH excluding ortho intramolecular Hbond substituents is 1. The minimum Gasteiger partial charge on any atom is -0.507 e. The van der Waals surface area contributed by atoms with E-state index in [2.05, 4.69) is 0 Å². The summed E-state index contributed by atoms with van der Waals surface area (Å²) in [6.07, 6.45) is 3.75. The van der Waals surface area contributed by atoms with E-state index in [1.54, 1.807) is 26.4 Å². The molecule has 3 nitrogen and oxygen atoms in total. The molecule has 19 heavy (non-hydrogen) atoms. The Morgan fingerprint density at radius 3 is 2.11 bits per heavy atom. The van der Waals surface area contributed by atoms with Gasteiger partial charge in [0.1, 0.15) is 17.2 Å². The van der Waals surface area contributed by atoms with E-state index in [1.165, 1.54) is 0 Å². The number of aromatic hydroxyl groups is 1. The van der Waals surface area contributed by atoms with Crippen molar-refractivity contribution in [3.63, 3.8) is 0 Å². The molecule has 2 aromatic rings. The standard InChI is InChI=1S/C16H16O3/c1-18-14-9-12(10-15(11-14)19-2)7-8-13-5-3-4-6-16(13)17/h3-11,17H,1-2H3. The monoisotopic (exact) mass is 256 g/mol. The predicted molar refractivity (Wildman–Crippen MR) is 76.6 cm³/mol. The quantitative estimate of drug-likeness (QED) is 0.850. The maximum absolute atomic E-state index is 9.69. The van der Waals surface area contributed by atoms with Crippen molar-refractivity contribution in [3.05, 3.63) is 53.6 Å². The van der Waals surface area contributed by atoms with E-state index in [0.717, 1.165) is 22.6 Å². The normalized spacial score (nSPS) is 10.6. The summed E-state index contributed by atoms with van der Waals surface area (Å²) in [5.41, 5.74) is 1.71. The second-order valence-electron chi connectivity index (χ2n) is 4.04. The third-order valence-electron chi connectivity index (χ3n) is 2.77. The molecule has 0 heterocycles. The molecule has 0 aliphatic heterocycles. The molecule has 0 aromatic heterocycles. The summed E-state index contributed by atoms with van der Waals surface area (Å²) in [6.45, 7) is 0. The average molecular weight is 256 g/mol. The first-order valence-electron chi connectivity index (χ1n) is 5.92. The number of methoxy groups -OCH3 is 2. The second-order valence-corrected chi connectivity index (χ2v) is 4.04. The molecule has 0 saturated heterocycles. The summed E-state index contributed by atoms with van der Waals surface area (Å²) in [6, 6.07) is 12.8. The van der Waals surface area contributed by atoms with Gasteiger partial charge >= 0.3 is 0 Å². The molecule has 3 heteroatoms. The third-order valence-corrected chi connectivity index (χ3v) is 2.77. The van der Waals surface area contributed by atoms with Gasteiger partial charge in [-0.2, -0.15) is 0 Å². The smallest absolute Gasteiger partial charge is 0.123 e. The fourth-order valence-electron chi connectivity index (χ4n) is 1.74. The van der Waals surface area contributed by atoms with Crippen molar-refractivity contribution in [2.75, 3.05) is 14.2 Å². The zero-order chi connectivity index (χ0) is 13.7. The number of phenols is 1. The lowest BCUT2D eigenvalue weighted by molar-refractivity contribution is 0.394. The minimum atomic E-state index is 0.258. The maximum atomic E-state index is 9.69. The molecule has 0 aliphatic rings. The van der Waals surface area contributed by atoms with Crippen molar-refractivity contribution in [1.29, 1.82) is 0 Å². The zero-order valence-electron chi connectivity index (χ0n) is 11.0. The summed E-state index contributed by atoms with van der Waals surface area (Å²) >= 11 is 0. The van der Waals surface area contributed by atoms with Crippen LogP contribution < -0.4 is 9.47 Å². The van der Waals surface area contributed by atoms with E-state index < -0.39 is 0 Å². The van der Waals surface area contributed by atoms with Gasteiger partial charge in [-0.15, -0.1) is 0 Å². The van der Waals surface area contributed by atoms with Gasteiger partial charge in [0.2, 0.25) is 0 Å². The summed E-state index contributed by atoms with van der Waals surface area (Å²) in [5, 5.41) is 9.69. The Labute approximate surface area is 112 Å². The molecular formula is C16H16O3. The van der Waals surface area contributed by atoms with Crippen molar-refractivity contribution in [1.82, 2.24) is 0 Å². The molecule has 0 bridgehead atoms. The third kappa shape index (κ3) is 3.28. The number of benzene rings is 2. The molecule has 0 amide bonds. The topological polar surface area (TPSA) is 38.7 Å². The minimum absolute atomic E-state index is 0.258. The first-order chi connectivity index (χ1) is 9.22. The summed E-state index contributed by atoms with van der Waals surface area (Å²) in [7, 11) is 3.23. The molecule has 0 fully saturated rings. The van der Waals surface area contributed by atoms with Gasteiger partial charge in [0.05, 0.1) is 14.2 Å². The van der Waals surface area contributed by atoms with Crippen LogP contribution in [-0.4, -0.2) is 19.3 Å². The fourth-order valence-corrected chi connectivity index (χ4v) is 1.74. The van der Waals surface area contributed by atoms with Crippen LogP contribution in [0.2, 0.25) is 0 Å². The molecule has 0 aliphatic carbocycles. The van der Waals surface area contributed by atoms with E-state index in [4.69, 9.17) is 9.47 Å². The predicted octanol–water partition coefficient (Wildman–Crippen LogP) is 3.58. The van der Waals surface area contributed by atoms with Gasteiger partial charge in [0, 0.05) is 11.6 Å². The van der Waals surface area contributed by atoms with Gasteiger partial charge in [-0.25, -0.2) is 0 Å². The van der Waals surface area contributed by atoms with Crippen LogP contribution in [-0.2, 0) is 0 Å². The summed E-state index contributed by atoms with van der Waals surface area (Å²) in [4.78, 5) is 0. The molecule has 1 N–H and O–H groups in total. The first-order valence-corrected chi connectivity index (χ1v) is 5.92. The number of rotatable bonds is 4. The Hall–Kier alpha value is -2.42. The van der Waals surface area contributed by atoms with Crippen LogP contribution in [0.1, 0.15) is 11.1 Å². The highest BCUT2D eigenvalue weighted by atomic mass is 16.5. The fraction of sp³-hybridized carbons (Fsp3) is 0.125. The Morgan fingerprint density at radius 2 is 1.53 bits per heavy atom. The maximum Gasteiger partial charge on any atom is 0.123 e. The Morgan fingerprint density at radius 1 is 0.895 bits per heavy atom. The Bertz CT molecular complexity index is 566. The lowest BCUT2D eigenvalue weighted by Crippen LogP contribution is -1.88. The van der Waals surface area contributed by atoms with Crippen LogP contribution in [0.3, 0.4) is 0 Å². The molecule has 0 atom stereocenters. The molecule has 0 spiro atoms. The van der Waals surface area contributed by atoms with Crippen LogP contribution in [0.4, 0.5) is 0 Å². The highest BCUT2D eigenvalue weighted by Crippen LogP contribution is 2.25. The zero-order valence-corrected chi connectivity index (χ0v) is 11.0. The van der Waals surface area contributed by atoms with E-state index in [-0.39, 0.29) is 5.75 Å². The van der Waals surface area contributed by atoms with E-state index >= 15 is 0 Å². The van der Waals surface area contributed by atoms with Crippen LogP contribution >= 0.6 is 0 Å². The van der Waals surface area contributed by atoms with Crippen LogP contribution in [0.15, 0.2) is 42.5 Å². The Balaban J connectivity index is 2.30. The van der Waals surface area contributed by atoms with E-state index in [9.17, 15) is 5.11 Å². The SMILES string of the molecule is COc1cc(C=Cc2ccccc2O)cc(OC)c1. The molecule has 2 rings (SSSR count). The lowest BCUT2D eigenvalue weighted by Gasteiger charge is -2.06. The molecular weight excluding hydrogens is 240 g/mol. The Kier molecular flexibility index (Phi) is 4.08. The van der Waals surface area contributed by atoms with Crippen molar-refractivity contribution < 1.29 is 14.6 Å². The summed E-state index contributed by atoms with van der Waals surface area (Å²) < 4.78 is 10.4. The van der Waals surface area contributed by atoms with Crippen LogP contribution in [0.5, 0.6) is 17.2 Å². The average Bonchev–Trinajstić information content (AvgIpc) is 2.46. The van der Waals surface area contributed by atoms with Gasteiger partial charge in [-0.3, -0.25) is 0 Å². The number of ether oxygens (including phenoxy) is 2. The second kappa shape index (κ2) is 5.96. The molecule has 0 radical (unpaired) electrons. The summed E-state index contributed by atoms with van der Waals surface area (Å²) in [5.74, 6) is 1.72. The number of hydrogen-bond acceptors (Lipinski definition) is 3. The number of hydrogen-bond donors (Lipinski definition) is 1. The highest BCUT2D eigenvalue weighted by molar-refractivity contribution is 5.73. The van der Waals surface area contributed by atoms with Gasteiger partial charge < -0.3 is 14.6 Å². The first kappa shape index (κ1) is 13.0. The van der Waals surface area contributed by atoms with Crippen molar-refractivity contribution in [2.24, 2.45) is 0 Å². The van der Waals surface area contributed by atoms with Crippen LogP contribution in [0.25, 0.3) is 12.2 Å². The lowest BCUT2D eigenvalue weighted by atomic mass is 10.1. The molecule has 98 valence electrons. The van der Waals surface area contributed by atoms with Crippen molar-refractivity contribution in [2.45, 2.75) is 0 Å². The van der Waals surface area contributed by atoms with Gasteiger partial charge in [-0.05, 0) is 23.8 Å². The van der Waals surface area contributed by atoms with Crippen molar-refractivity contribution >= 4 is 12.2 Å². The highest BCUT2D eigenvalue weighted by Gasteiger charge is 2.00.